The smallest absolute Gasteiger partial charge is 0.325 e. The molecule has 0 bridgehead atoms. The summed E-state index contributed by atoms with van der Waals surface area (Å²) >= 11 is 0. The van der Waals surface area contributed by atoms with Crippen LogP contribution >= 0.6 is 0 Å². The maximum atomic E-state index is 11.0. The Hall–Kier alpha value is -0.610. The molecular formula is C7H13NO3. The van der Waals surface area contributed by atoms with Gasteiger partial charge in [0, 0.05) is 6.54 Å². The van der Waals surface area contributed by atoms with Crippen molar-refractivity contribution in [3.8, 4) is 0 Å². The van der Waals surface area contributed by atoms with E-state index in [1.165, 1.54) is 0 Å². The number of carbonyl (C=O) groups excluding carboxylic acids is 1. The number of morpholine rings is 1. The Kier molecular flexibility index (Phi) is 3.32. The van der Waals surface area contributed by atoms with Crippen LogP contribution in [0.25, 0.3) is 0 Å². The van der Waals surface area contributed by atoms with E-state index >= 15 is 0 Å². The normalized spacial score (nSPS) is 24.6. The highest BCUT2D eigenvalue weighted by Crippen LogP contribution is 1.95. The quantitative estimate of drug-likeness (QED) is 0.554. The van der Waals surface area contributed by atoms with Crippen LogP contribution in [0.2, 0.25) is 0 Å². The highest BCUT2D eigenvalue weighted by atomic mass is 16.5. The molecule has 1 fully saturated rings. The zero-order chi connectivity index (χ0) is 8.10. The van der Waals surface area contributed by atoms with Crippen molar-refractivity contribution in [2.75, 3.05) is 26.4 Å². The Morgan fingerprint density at radius 2 is 2.64 bits per heavy atom. The van der Waals surface area contributed by atoms with Gasteiger partial charge in [-0.1, -0.05) is 0 Å². The second-order valence-electron chi connectivity index (χ2n) is 2.33. The fraction of sp³-hybridized carbons (Fsp3) is 0.857. The van der Waals surface area contributed by atoms with Crippen LogP contribution in [0.5, 0.6) is 0 Å². The molecule has 0 aromatic carbocycles. The van der Waals surface area contributed by atoms with Gasteiger partial charge in [-0.05, 0) is 6.92 Å². The number of hydrogen-bond acceptors (Lipinski definition) is 4. The van der Waals surface area contributed by atoms with Gasteiger partial charge in [-0.2, -0.15) is 0 Å². The molecule has 0 spiro atoms. The Morgan fingerprint density at radius 3 is 3.18 bits per heavy atom. The minimum absolute atomic E-state index is 0.216. The summed E-state index contributed by atoms with van der Waals surface area (Å²) in [5.41, 5.74) is 0. The van der Waals surface area contributed by atoms with Crippen LogP contribution in [0.3, 0.4) is 0 Å². The SMILES string of the molecule is CCOC(=O)C1COCCN1. The van der Waals surface area contributed by atoms with Crippen LogP contribution in [0.15, 0.2) is 0 Å². The zero-order valence-corrected chi connectivity index (χ0v) is 6.63. The highest BCUT2D eigenvalue weighted by Gasteiger charge is 2.21. The molecule has 1 saturated heterocycles. The van der Waals surface area contributed by atoms with Crippen molar-refractivity contribution in [2.45, 2.75) is 13.0 Å². The van der Waals surface area contributed by atoms with Crippen molar-refractivity contribution in [1.29, 1.82) is 0 Å². The summed E-state index contributed by atoms with van der Waals surface area (Å²) in [6, 6.07) is -0.260. The van der Waals surface area contributed by atoms with Crippen LogP contribution in [0, 0.1) is 0 Å². The summed E-state index contributed by atoms with van der Waals surface area (Å²) < 4.78 is 9.89. The zero-order valence-electron chi connectivity index (χ0n) is 6.63. The molecule has 0 aromatic rings. The van der Waals surface area contributed by atoms with E-state index in [0.29, 0.717) is 19.8 Å². The average molecular weight is 159 g/mol. The molecule has 1 atom stereocenters. The lowest BCUT2D eigenvalue weighted by Crippen LogP contribution is -2.47. The fourth-order valence-electron chi connectivity index (χ4n) is 0.960. The Labute approximate surface area is 65.9 Å². The summed E-state index contributed by atoms with van der Waals surface area (Å²) in [6.45, 7) is 4.05. The summed E-state index contributed by atoms with van der Waals surface area (Å²) in [7, 11) is 0. The average Bonchev–Trinajstić information content (AvgIpc) is 2.07. The van der Waals surface area contributed by atoms with E-state index in [0.717, 1.165) is 6.54 Å². The van der Waals surface area contributed by atoms with Crippen molar-refractivity contribution >= 4 is 5.97 Å². The third kappa shape index (κ3) is 2.48. The molecule has 4 nitrogen and oxygen atoms in total. The fourth-order valence-corrected chi connectivity index (χ4v) is 0.960. The molecular weight excluding hydrogens is 146 g/mol. The minimum Gasteiger partial charge on any atom is -0.465 e. The molecule has 1 aliphatic heterocycles. The van der Waals surface area contributed by atoms with Crippen molar-refractivity contribution in [3.63, 3.8) is 0 Å². The third-order valence-electron chi connectivity index (χ3n) is 1.49. The maximum Gasteiger partial charge on any atom is 0.325 e. The van der Waals surface area contributed by atoms with E-state index < -0.39 is 0 Å². The van der Waals surface area contributed by atoms with Gasteiger partial charge in [0.25, 0.3) is 0 Å². The second-order valence-corrected chi connectivity index (χ2v) is 2.33. The standard InChI is InChI=1S/C7H13NO3/c1-2-11-7(9)6-5-10-4-3-8-6/h6,8H,2-5H2,1H3. The van der Waals surface area contributed by atoms with Crippen LogP contribution in [0.1, 0.15) is 6.92 Å². The van der Waals surface area contributed by atoms with Crippen molar-refractivity contribution in [2.24, 2.45) is 0 Å². The van der Waals surface area contributed by atoms with Crippen LogP contribution in [-0.4, -0.2) is 38.4 Å². The number of carbonyl (C=O) groups is 1. The number of hydrogen-bond donors (Lipinski definition) is 1. The molecule has 64 valence electrons. The molecule has 0 radical (unpaired) electrons. The largest absolute Gasteiger partial charge is 0.465 e. The molecule has 11 heavy (non-hydrogen) atoms. The summed E-state index contributed by atoms with van der Waals surface area (Å²) in [5, 5.41) is 3.00. The summed E-state index contributed by atoms with van der Waals surface area (Å²) in [4.78, 5) is 11.0. The molecule has 0 aliphatic carbocycles. The topological polar surface area (TPSA) is 47.6 Å². The number of nitrogens with one attached hydrogen (secondary N) is 1. The summed E-state index contributed by atoms with van der Waals surface area (Å²) in [6.07, 6.45) is 0. The van der Waals surface area contributed by atoms with Gasteiger partial charge < -0.3 is 14.8 Å². The maximum absolute atomic E-state index is 11.0. The molecule has 0 amide bonds. The lowest BCUT2D eigenvalue weighted by molar-refractivity contribution is -0.148. The lowest BCUT2D eigenvalue weighted by atomic mass is 10.3. The lowest BCUT2D eigenvalue weighted by Gasteiger charge is -2.21. The Balaban J connectivity index is 2.27. The first-order chi connectivity index (χ1) is 5.34. The van der Waals surface area contributed by atoms with E-state index in [1.807, 2.05) is 0 Å². The van der Waals surface area contributed by atoms with Crippen molar-refractivity contribution < 1.29 is 14.3 Å². The Morgan fingerprint density at radius 1 is 1.82 bits per heavy atom. The van der Waals surface area contributed by atoms with Gasteiger partial charge in [-0.3, -0.25) is 4.79 Å². The van der Waals surface area contributed by atoms with E-state index in [4.69, 9.17) is 9.47 Å². The van der Waals surface area contributed by atoms with Crippen molar-refractivity contribution in [1.82, 2.24) is 5.32 Å². The van der Waals surface area contributed by atoms with Gasteiger partial charge in [-0.15, -0.1) is 0 Å². The number of rotatable bonds is 2. The first-order valence-electron chi connectivity index (χ1n) is 3.82. The predicted molar refractivity (Wildman–Crippen MR) is 39.2 cm³/mol. The molecule has 1 aliphatic rings. The number of ether oxygens (including phenoxy) is 2. The van der Waals surface area contributed by atoms with E-state index in [1.54, 1.807) is 6.92 Å². The van der Waals surface area contributed by atoms with E-state index in [2.05, 4.69) is 5.32 Å². The van der Waals surface area contributed by atoms with Gasteiger partial charge in [0.2, 0.25) is 0 Å². The molecule has 1 heterocycles. The van der Waals surface area contributed by atoms with Crippen LogP contribution in [0.4, 0.5) is 0 Å². The minimum atomic E-state index is -0.260. The van der Waals surface area contributed by atoms with Crippen molar-refractivity contribution in [3.05, 3.63) is 0 Å². The first kappa shape index (κ1) is 8.49. The molecule has 0 aromatic heterocycles. The number of esters is 1. The van der Waals surface area contributed by atoms with Gasteiger partial charge in [0.05, 0.1) is 19.8 Å². The molecule has 1 rings (SSSR count). The van der Waals surface area contributed by atoms with E-state index in [9.17, 15) is 4.79 Å². The monoisotopic (exact) mass is 159 g/mol. The van der Waals surface area contributed by atoms with Crippen LogP contribution in [-0.2, 0) is 14.3 Å². The van der Waals surface area contributed by atoms with E-state index in [-0.39, 0.29) is 12.0 Å². The van der Waals surface area contributed by atoms with Gasteiger partial charge in [0.1, 0.15) is 6.04 Å². The highest BCUT2D eigenvalue weighted by molar-refractivity contribution is 5.76. The second kappa shape index (κ2) is 4.31. The molecule has 0 saturated carbocycles. The van der Waals surface area contributed by atoms with Gasteiger partial charge in [0.15, 0.2) is 0 Å². The van der Waals surface area contributed by atoms with Gasteiger partial charge >= 0.3 is 5.97 Å². The molecule has 4 heteroatoms. The first-order valence-corrected chi connectivity index (χ1v) is 3.82. The molecule has 1 N–H and O–H groups in total. The third-order valence-corrected chi connectivity index (χ3v) is 1.49. The predicted octanol–water partition coefficient (Wildman–Crippen LogP) is -0.462. The summed E-state index contributed by atoms with van der Waals surface area (Å²) in [5.74, 6) is -0.216. The van der Waals surface area contributed by atoms with Crippen LogP contribution < -0.4 is 5.32 Å². The Bertz CT molecular complexity index is 132. The molecule has 1 unspecified atom stereocenters. The van der Waals surface area contributed by atoms with Gasteiger partial charge in [-0.25, -0.2) is 0 Å².